The third kappa shape index (κ3) is 2.22. The van der Waals surface area contributed by atoms with Crippen LogP contribution in [0.25, 0.3) is 0 Å². The number of benzene rings is 1. The number of halogens is 1. The van der Waals surface area contributed by atoms with E-state index in [-0.39, 0.29) is 18.7 Å². The molecule has 0 fully saturated rings. The fourth-order valence-corrected chi connectivity index (χ4v) is 1.97. The molecule has 1 aromatic rings. The number of carbonyl (C=O) groups excluding carboxylic acids is 3. The van der Waals surface area contributed by atoms with Gasteiger partial charge in [0.15, 0.2) is 0 Å². The van der Waals surface area contributed by atoms with E-state index in [1.54, 1.807) is 25.1 Å². The van der Waals surface area contributed by atoms with Gasteiger partial charge in [0.05, 0.1) is 12.1 Å². The van der Waals surface area contributed by atoms with Gasteiger partial charge in [0, 0.05) is 11.4 Å². The van der Waals surface area contributed by atoms with Crippen molar-refractivity contribution in [2.45, 2.75) is 19.8 Å². The smallest absolute Gasteiger partial charge is 0.277 e. The molecule has 1 N–H and O–H groups in total. The number of nitrogens with zero attached hydrogens (tertiary/aromatic N) is 1. The normalized spacial score (nSPS) is 13.4. The topological polar surface area (TPSA) is 66.5 Å². The number of nitrogens with one attached hydrogen (secondary N) is 1. The zero-order valence-corrected chi connectivity index (χ0v) is 10.5. The van der Waals surface area contributed by atoms with Gasteiger partial charge in [0.25, 0.3) is 0 Å². The van der Waals surface area contributed by atoms with E-state index in [0.717, 1.165) is 4.90 Å². The van der Waals surface area contributed by atoms with Crippen LogP contribution >= 0.6 is 11.6 Å². The minimum absolute atomic E-state index is 0.115. The molecule has 18 heavy (non-hydrogen) atoms. The van der Waals surface area contributed by atoms with E-state index >= 15 is 0 Å². The maximum Gasteiger partial charge on any atom is 0.335 e. The first-order valence-corrected chi connectivity index (χ1v) is 5.86. The Bertz CT molecular complexity index is 542. The Hall–Kier alpha value is -1.88. The quantitative estimate of drug-likeness (QED) is 0.844. The second-order valence-electron chi connectivity index (χ2n) is 3.89. The van der Waals surface area contributed by atoms with Gasteiger partial charge in [-0.25, -0.2) is 9.69 Å². The van der Waals surface area contributed by atoms with Gasteiger partial charge in [-0.05, 0) is 23.8 Å². The molecule has 1 aliphatic rings. The molecule has 0 aromatic heterocycles. The molecule has 1 aliphatic heterocycles. The zero-order chi connectivity index (χ0) is 13.3. The molecular weight excluding hydrogens is 256 g/mol. The minimum atomic E-state index is -0.715. The molecule has 0 atom stereocenters. The average Bonchev–Trinajstić information content (AvgIpc) is 2.63. The number of rotatable bonds is 1. The Morgan fingerprint density at radius 1 is 1.44 bits per heavy atom. The summed E-state index contributed by atoms with van der Waals surface area (Å²) in [4.78, 5) is 35.7. The molecule has 0 unspecified atom stereocenters. The van der Waals surface area contributed by atoms with Crippen molar-refractivity contribution in [1.82, 2.24) is 5.32 Å². The van der Waals surface area contributed by atoms with Crippen LogP contribution in [0, 0.1) is 0 Å². The Balaban J connectivity index is 2.28. The first-order chi connectivity index (χ1) is 8.52. The van der Waals surface area contributed by atoms with Gasteiger partial charge < -0.3 is 0 Å². The van der Waals surface area contributed by atoms with Crippen LogP contribution in [0.4, 0.5) is 10.5 Å². The summed E-state index contributed by atoms with van der Waals surface area (Å²) in [6, 6.07) is 4.12. The molecule has 0 saturated heterocycles. The number of hydrogen-bond acceptors (Lipinski definition) is 3. The summed E-state index contributed by atoms with van der Waals surface area (Å²) in [5.74, 6) is -0.788. The molecule has 0 radical (unpaired) electrons. The summed E-state index contributed by atoms with van der Waals surface area (Å²) in [7, 11) is 0. The number of amides is 4. The molecule has 94 valence electrons. The van der Waals surface area contributed by atoms with Gasteiger partial charge in [-0.3, -0.25) is 14.9 Å². The molecular formula is C12H11ClN2O3. The highest BCUT2D eigenvalue weighted by molar-refractivity contribution is 6.31. The number of hydrogen-bond donors (Lipinski definition) is 1. The highest BCUT2D eigenvalue weighted by atomic mass is 35.5. The van der Waals surface area contributed by atoms with Crippen LogP contribution in [-0.4, -0.2) is 17.8 Å². The molecule has 0 spiro atoms. The number of imide groups is 2. The standard InChI is InChI=1S/C12H11ClN2O3/c1-2-10(16)14-12(18)15-9-4-3-8(13)5-7(9)6-11(15)17/h3-5H,2,6H2,1H3,(H,14,16,18). The lowest BCUT2D eigenvalue weighted by Crippen LogP contribution is -2.44. The van der Waals surface area contributed by atoms with Crippen molar-refractivity contribution in [1.29, 1.82) is 0 Å². The Morgan fingerprint density at radius 2 is 2.17 bits per heavy atom. The summed E-state index contributed by atoms with van der Waals surface area (Å²) >= 11 is 5.82. The summed E-state index contributed by atoms with van der Waals surface area (Å²) in [5, 5.41) is 2.66. The lowest BCUT2D eigenvalue weighted by Gasteiger charge is -2.15. The number of carbonyl (C=O) groups is 3. The van der Waals surface area contributed by atoms with E-state index < -0.39 is 11.9 Å². The van der Waals surface area contributed by atoms with Gasteiger partial charge in [0.1, 0.15) is 0 Å². The van der Waals surface area contributed by atoms with E-state index in [4.69, 9.17) is 11.6 Å². The molecule has 4 amide bonds. The second kappa shape index (κ2) is 4.78. The van der Waals surface area contributed by atoms with E-state index in [1.165, 1.54) is 0 Å². The summed E-state index contributed by atoms with van der Waals surface area (Å²) in [5.41, 5.74) is 1.16. The van der Waals surface area contributed by atoms with Crippen molar-refractivity contribution in [3.63, 3.8) is 0 Å². The fourth-order valence-electron chi connectivity index (χ4n) is 1.78. The highest BCUT2D eigenvalue weighted by Gasteiger charge is 2.32. The molecule has 0 bridgehead atoms. The van der Waals surface area contributed by atoms with Crippen molar-refractivity contribution < 1.29 is 14.4 Å². The maximum absolute atomic E-state index is 11.8. The van der Waals surface area contributed by atoms with Crippen molar-refractivity contribution in [2.24, 2.45) is 0 Å². The van der Waals surface area contributed by atoms with Crippen LogP contribution in [0.3, 0.4) is 0 Å². The molecule has 1 heterocycles. The maximum atomic E-state index is 11.8. The van der Waals surface area contributed by atoms with Crippen molar-refractivity contribution in [2.75, 3.05) is 4.90 Å². The van der Waals surface area contributed by atoms with Gasteiger partial charge in [-0.1, -0.05) is 18.5 Å². The fraction of sp³-hybridized carbons (Fsp3) is 0.250. The van der Waals surface area contributed by atoms with Crippen LogP contribution in [0.2, 0.25) is 5.02 Å². The monoisotopic (exact) mass is 266 g/mol. The number of urea groups is 1. The van der Waals surface area contributed by atoms with Crippen LogP contribution in [-0.2, 0) is 16.0 Å². The first-order valence-electron chi connectivity index (χ1n) is 5.48. The molecule has 6 heteroatoms. The van der Waals surface area contributed by atoms with E-state index in [0.29, 0.717) is 16.3 Å². The van der Waals surface area contributed by atoms with E-state index in [9.17, 15) is 14.4 Å². The third-order valence-electron chi connectivity index (χ3n) is 2.64. The van der Waals surface area contributed by atoms with Crippen LogP contribution in [0.15, 0.2) is 18.2 Å². The number of anilines is 1. The van der Waals surface area contributed by atoms with Crippen LogP contribution in [0.1, 0.15) is 18.9 Å². The predicted molar refractivity (Wildman–Crippen MR) is 66.5 cm³/mol. The Labute approximate surface area is 109 Å². The zero-order valence-electron chi connectivity index (χ0n) is 9.70. The van der Waals surface area contributed by atoms with Crippen molar-refractivity contribution >= 4 is 35.1 Å². The van der Waals surface area contributed by atoms with Gasteiger partial charge >= 0.3 is 6.03 Å². The van der Waals surface area contributed by atoms with Gasteiger partial charge in [-0.15, -0.1) is 0 Å². The molecule has 0 aliphatic carbocycles. The summed E-state index contributed by atoms with van der Waals surface area (Å²) in [6.07, 6.45) is 0.297. The summed E-state index contributed by atoms with van der Waals surface area (Å²) in [6.45, 7) is 1.63. The Kier molecular flexibility index (Phi) is 3.34. The molecule has 0 saturated carbocycles. The lowest BCUT2D eigenvalue weighted by atomic mass is 10.2. The van der Waals surface area contributed by atoms with E-state index in [1.807, 2.05) is 0 Å². The van der Waals surface area contributed by atoms with E-state index in [2.05, 4.69) is 5.32 Å². The predicted octanol–water partition coefficient (Wildman–Crippen LogP) is 1.88. The van der Waals surface area contributed by atoms with Crippen molar-refractivity contribution in [3.8, 4) is 0 Å². The summed E-state index contributed by atoms with van der Waals surface area (Å²) < 4.78 is 0. The number of fused-ring (bicyclic) bond motifs is 1. The molecule has 1 aromatic carbocycles. The molecule has 5 nitrogen and oxygen atoms in total. The van der Waals surface area contributed by atoms with Crippen LogP contribution in [0.5, 0.6) is 0 Å². The minimum Gasteiger partial charge on any atom is -0.277 e. The molecule has 2 rings (SSSR count). The van der Waals surface area contributed by atoms with Gasteiger partial charge in [0.2, 0.25) is 11.8 Å². The van der Waals surface area contributed by atoms with Gasteiger partial charge in [-0.2, -0.15) is 0 Å². The Morgan fingerprint density at radius 3 is 2.83 bits per heavy atom. The lowest BCUT2D eigenvalue weighted by molar-refractivity contribution is -0.119. The highest BCUT2D eigenvalue weighted by Crippen LogP contribution is 2.31. The second-order valence-corrected chi connectivity index (χ2v) is 4.32. The first kappa shape index (κ1) is 12.6. The van der Waals surface area contributed by atoms with Crippen LogP contribution < -0.4 is 10.2 Å². The third-order valence-corrected chi connectivity index (χ3v) is 2.88. The van der Waals surface area contributed by atoms with Crippen molar-refractivity contribution in [3.05, 3.63) is 28.8 Å². The SMILES string of the molecule is CCC(=O)NC(=O)N1C(=O)Cc2cc(Cl)ccc21. The largest absolute Gasteiger partial charge is 0.335 e. The average molecular weight is 267 g/mol.